The molecule has 0 atom stereocenters. The first-order chi connectivity index (χ1) is 9.77. The highest BCUT2D eigenvalue weighted by Crippen LogP contribution is 2.24. The van der Waals surface area contributed by atoms with Crippen LogP contribution in [0.5, 0.6) is 0 Å². The van der Waals surface area contributed by atoms with Gasteiger partial charge in [0.2, 0.25) is 5.91 Å². The number of amides is 1. The SMILES string of the molecule is Cc1cc(C)c(C#N)c(SCC(=O)N(C(C)C)C(C)C)n1. The molecule has 1 aromatic rings. The molecule has 0 aromatic carbocycles. The predicted molar refractivity (Wildman–Crippen MR) is 86.3 cm³/mol. The third-order valence-corrected chi connectivity index (χ3v) is 4.12. The average molecular weight is 305 g/mol. The average Bonchev–Trinajstić information content (AvgIpc) is 2.34. The largest absolute Gasteiger partial charge is 0.337 e. The van der Waals surface area contributed by atoms with E-state index in [4.69, 9.17) is 0 Å². The van der Waals surface area contributed by atoms with Gasteiger partial charge in [0.15, 0.2) is 0 Å². The van der Waals surface area contributed by atoms with Crippen molar-refractivity contribution in [3.63, 3.8) is 0 Å². The lowest BCUT2D eigenvalue weighted by atomic mass is 10.1. The van der Waals surface area contributed by atoms with Crippen LogP contribution >= 0.6 is 11.8 Å². The molecule has 1 aromatic heterocycles. The molecule has 1 heterocycles. The van der Waals surface area contributed by atoms with Gasteiger partial charge in [0.25, 0.3) is 0 Å². The minimum absolute atomic E-state index is 0.0786. The number of hydrogen-bond acceptors (Lipinski definition) is 4. The van der Waals surface area contributed by atoms with Gasteiger partial charge >= 0.3 is 0 Å². The lowest BCUT2D eigenvalue weighted by molar-refractivity contribution is -0.131. The summed E-state index contributed by atoms with van der Waals surface area (Å²) in [6, 6.07) is 4.40. The number of carbonyl (C=O) groups is 1. The molecule has 114 valence electrons. The molecule has 0 radical (unpaired) electrons. The van der Waals surface area contributed by atoms with E-state index in [0.29, 0.717) is 16.3 Å². The van der Waals surface area contributed by atoms with Crippen molar-refractivity contribution in [3.8, 4) is 6.07 Å². The van der Waals surface area contributed by atoms with Crippen molar-refractivity contribution in [1.82, 2.24) is 9.88 Å². The molecule has 0 spiro atoms. The molecule has 4 nitrogen and oxygen atoms in total. The van der Waals surface area contributed by atoms with E-state index in [1.165, 1.54) is 11.8 Å². The highest BCUT2D eigenvalue weighted by atomic mass is 32.2. The second-order valence-corrected chi connectivity index (χ2v) is 6.61. The van der Waals surface area contributed by atoms with Crippen molar-refractivity contribution >= 4 is 17.7 Å². The van der Waals surface area contributed by atoms with Gasteiger partial charge in [-0.2, -0.15) is 5.26 Å². The zero-order valence-electron chi connectivity index (χ0n) is 13.6. The van der Waals surface area contributed by atoms with Gasteiger partial charge in [-0.15, -0.1) is 0 Å². The minimum Gasteiger partial charge on any atom is -0.337 e. The van der Waals surface area contributed by atoms with Crippen LogP contribution in [0.2, 0.25) is 0 Å². The number of aryl methyl sites for hydroxylation is 2. The number of pyridine rings is 1. The van der Waals surface area contributed by atoms with E-state index in [9.17, 15) is 10.1 Å². The quantitative estimate of drug-likeness (QED) is 0.783. The van der Waals surface area contributed by atoms with Gasteiger partial charge in [-0.3, -0.25) is 4.79 Å². The summed E-state index contributed by atoms with van der Waals surface area (Å²) in [5, 5.41) is 9.89. The Morgan fingerprint density at radius 2 is 1.90 bits per heavy atom. The number of nitrogens with zero attached hydrogens (tertiary/aromatic N) is 3. The van der Waals surface area contributed by atoms with Crippen molar-refractivity contribution in [2.75, 3.05) is 5.75 Å². The summed E-state index contributed by atoms with van der Waals surface area (Å²) in [5.41, 5.74) is 2.34. The fraction of sp³-hybridized carbons (Fsp3) is 0.562. The molecule has 0 saturated heterocycles. The number of aromatic nitrogens is 1. The monoisotopic (exact) mass is 305 g/mol. The zero-order valence-corrected chi connectivity index (χ0v) is 14.4. The number of carbonyl (C=O) groups excluding carboxylic acids is 1. The molecule has 1 amide bonds. The molecule has 0 unspecified atom stereocenters. The highest BCUT2D eigenvalue weighted by molar-refractivity contribution is 8.00. The van der Waals surface area contributed by atoms with Gasteiger partial charge in [0, 0.05) is 17.8 Å². The van der Waals surface area contributed by atoms with Crippen molar-refractivity contribution in [2.45, 2.75) is 58.7 Å². The fourth-order valence-corrected chi connectivity index (χ4v) is 3.39. The molecule has 0 saturated carbocycles. The van der Waals surface area contributed by atoms with Gasteiger partial charge < -0.3 is 4.90 Å². The highest BCUT2D eigenvalue weighted by Gasteiger charge is 2.21. The minimum atomic E-state index is 0.0786. The summed E-state index contributed by atoms with van der Waals surface area (Å²) in [7, 11) is 0. The van der Waals surface area contributed by atoms with Crippen molar-refractivity contribution < 1.29 is 4.79 Å². The second kappa shape index (κ2) is 7.46. The van der Waals surface area contributed by atoms with E-state index in [1.54, 1.807) is 0 Å². The molecule has 0 aliphatic rings. The molecule has 0 bridgehead atoms. The maximum absolute atomic E-state index is 12.4. The first-order valence-corrected chi connectivity index (χ1v) is 8.08. The third kappa shape index (κ3) is 4.47. The molecular formula is C16H23N3OS. The van der Waals surface area contributed by atoms with Gasteiger partial charge in [-0.1, -0.05) is 11.8 Å². The van der Waals surface area contributed by atoms with Crippen molar-refractivity contribution in [3.05, 3.63) is 22.9 Å². The predicted octanol–water partition coefficient (Wildman–Crippen LogP) is 3.31. The maximum Gasteiger partial charge on any atom is 0.233 e. The number of rotatable bonds is 5. The Kier molecular flexibility index (Phi) is 6.22. The Hall–Kier alpha value is -1.54. The summed E-state index contributed by atoms with van der Waals surface area (Å²) in [5.74, 6) is 0.385. The Balaban J connectivity index is 2.89. The van der Waals surface area contributed by atoms with Crippen LogP contribution in [0.4, 0.5) is 0 Å². The Morgan fingerprint density at radius 3 is 2.38 bits per heavy atom. The fourth-order valence-electron chi connectivity index (χ4n) is 2.42. The van der Waals surface area contributed by atoms with Gasteiger partial charge in [0.05, 0.1) is 11.3 Å². The first kappa shape index (κ1) is 17.5. The molecule has 0 aliphatic heterocycles. The standard InChI is InChI=1S/C16H23N3OS/c1-10(2)19(11(3)4)15(20)9-21-16-14(8-17)12(5)7-13(6)18-16/h7,10-11H,9H2,1-6H3. The molecule has 0 N–H and O–H groups in total. The lowest BCUT2D eigenvalue weighted by Gasteiger charge is -2.30. The maximum atomic E-state index is 12.4. The van der Waals surface area contributed by atoms with E-state index >= 15 is 0 Å². The first-order valence-electron chi connectivity index (χ1n) is 7.10. The van der Waals surface area contributed by atoms with Gasteiger partial charge in [-0.25, -0.2) is 4.98 Å². The van der Waals surface area contributed by atoms with E-state index < -0.39 is 0 Å². The second-order valence-electron chi connectivity index (χ2n) is 5.65. The van der Waals surface area contributed by atoms with Crippen LogP contribution in [0, 0.1) is 25.2 Å². The van der Waals surface area contributed by atoms with Crippen LogP contribution in [0.25, 0.3) is 0 Å². The van der Waals surface area contributed by atoms with Crippen molar-refractivity contribution in [2.24, 2.45) is 0 Å². The van der Waals surface area contributed by atoms with E-state index in [0.717, 1.165) is 11.3 Å². The van der Waals surface area contributed by atoms with Crippen LogP contribution in [-0.2, 0) is 4.79 Å². The van der Waals surface area contributed by atoms with Crippen LogP contribution in [-0.4, -0.2) is 33.6 Å². The van der Waals surface area contributed by atoms with Crippen LogP contribution in [0.15, 0.2) is 11.1 Å². The van der Waals surface area contributed by atoms with E-state index in [1.807, 2.05) is 52.5 Å². The van der Waals surface area contributed by atoms with E-state index in [2.05, 4.69) is 11.1 Å². The summed E-state index contributed by atoms with van der Waals surface area (Å²) < 4.78 is 0. The number of thioether (sulfide) groups is 1. The summed E-state index contributed by atoms with van der Waals surface area (Å²) >= 11 is 1.35. The molecule has 0 aliphatic carbocycles. The normalized spacial score (nSPS) is 10.8. The molecule has 5 heteroatoms. The summed E-state index contributed by atoms with van der Waals surface area (Å²) in [6.07, 6.45) is 0. The molecule has 1 rings (SSSR count). The number of nitriles is 1. The lowest BCUT2D eigenvalue weighted by Crippen LogP contribution is -2.43. The van der Waals surface area contributed by atoms with Gasteiger partial charge in [0.1, 0.15) is 11.1 Å². The molecule has 21 heavy (non-hydrogen) atoms. The van der Waals surface area contributed by atoms with Gasteiger partial charge in [-0.05, 0) is 53.2 Å². The third-order valence-electron chi connectivity index (χ3n) is 3.16. The van der Waals surface area contributed by atoms with Crippen LogP contribution in [0.1, 0.15) is 44.5 Å². The van der Waals surface area contributed by atoms with E-state index in [-0.39, 0.29) is 18.0 Å². The Morgan fingerprint density at radius 1 is 1.33 bits per heavy atom. The van der Waals surface area contributed by atoms with Crippen LogP contribution in [0.3, 0.4) is 0 Å². The summed E-state index contributed by atoms with van der Waals surface area (Å²) in [6.45, 7) is 11.8. The van der Waals surface area contributed by atoms with Crippen molar-refractivity contribution in [1.29, 1.82) is 5.26 Å². The topological polar surface area (TPSA) is 57.0 Å². The molecular weight excluding hydrogens is 282 g/mol. The number of hydrogen-bond donors (Lipinski definition) is 0. The summed E-state index contributed by atoms with van der Waals surface area (Å²) in [4.78, 5) is 18.6. The Bertz CT molecular complexity index is 553. The molecule has 0 fully saturated rings. The van der Waals surface area contributed by atoms with Crippen LogP contribution < -0.4 is 0 Å². The Labute approximate surface area is 131 Å². The smallest absolute Gasteiger partial charge is 0.233 e. The zero-order chi connectivity index (χ0) is 16.2.